The van der Waals surface area contributed by atoms with Gasteiger partial charge in [-0.3, -0.25) is 0 Å². The molecule has 0 aliphatic rings. The largest absolute Gasteiger partial charge is 0.433 e. The number of alkyl halides is 3. The molecule has 0 spiro atoms. The summed E-state index contributed by atoms with van der Waals surface area (Å²) in [5, 5.41) is 29.0. The number of nitriles is 1. The van der Waals surface area contributed by atoms with Gasteiger partial charge < -0.3 is 10.4 Å². The number of aliphatic hydroxyl groups is 1. The summed E-state index contributed by atoms with van der Waals surface area (Å²) >= 11 is 0. The van der Waals surface area contributed by atoms with Crippen molar-refractivity contribution in [2.75, 3.05) is 5.32 Å². The number of aryl methyl sites for hydroxylation is 1. The molecule has 0 unspecified atom stereocenters. The highest BCUT2D eigenvalue weighted by atomic mass is 19.4. The van der Waals surface area contributed by atoms with E-state index >= 15 is 0 Å². The Hall–Kier alpha value is -3.52. The molecule has 0 saturated heterocycles. The molecular weight excluding hydrogens is 387 g/mol. The van der Waals surface area contributed by atoms with Crippen molar-refractivity contribution in [1.82, 2.24) is 25.0 Å². The first-order valence-corrected chi connectivity index (χ1v) is 8.49. The Morgan fingerprint density at radius 1 is 1.31 bits per heavy atom. The predicted octanol–water partition coefficient (Wildman–Crippen LogP) is 3.08. The van der Waals surface area contributed by atoms with Crippen LogP contribution in [0.15, 0.2) is 36.7 Å². The highest BCUT2D eigenvalue weighted by Gasteiger charge is 2.32. The highest BCUT2D eigenvalue weighted by Crippen LogP contribution is 2.29. The van der Waals surface area contributed by atoms with Gasteiger partial charge in [0, 0.05) is 17.4 Å². The van der Waals surface area contributed by atoms with Gasteiger partial charge >= 0.3 is 6.18 Å². The first-order valence-electron chi connectivity index (χ1n) is 8.49. The molecule has 3 aromatic rings. The third-order valence-electron chi connectivity index (χ3n) is 3.84. The van der Waals surface area contributed by atoms with Crippen molar-refractivity contribution in [2.24, 2.45) is 0 Å². The topological polar surface area (TPSA) is 113 Å². The first-order chi connectivity index (χ1) is 13.7. The van der Waals surface area contributed by atoms with Crippen LogP contribution in [0.4, 0.5) is 24.8 Å². The molecule has 0 fully saturated rings. The van der Waals surface area contributed by atoms with Crippen molar-refractivity contribution < 1.29 is 18.3 Å². The van der Waals surface area contributed by atoms with E-state index in [-0.39, 0.29) is 18.9 Å². The third kappa shape index (κ3) is 5.26. The summed E-state index contributed by atoms with van der Waals surface area (Å²) in [5.74, 6) is -0.181. The molecule has 11 heteroatoms. The minimum absolute atomic E-state index is 0.0231. The average Bonchev–Trinajstić information content (AvgIpc) is 3.09. The van der Waals surface area contributed by atoms with Crippen LogP contribution in [0, 0.1) is 18.3 Å². The number of nitrogens with one attached hydrogen (secondary N) is 1. The van der Waals surface area contributed by atoms with Gasteiger partial charge in [0.1, 0.15) is 11.4 Å². The molecule has 0 aliphatic carbocycles. The maximum Gasteiger partial charge on any atom is 0.433 e. The van der Waals surface area contributed by atoms with E-state index in [4.69, 9.17) is 5.26 Å². The molecule has 2 aromatic heterocycles. The fraction of sp³-hybridized carbons (Fsp3) is 0.278. The van der Waals surface area contributed by atoms with Gasteiger partial charge in [0.2, 0.25) is 5.95 Å². The lowest BCUT2D eigenvalue weighted by Gasteiger charge is -2.10. The molecule has 3 rings (SSSR count). The van der Waals surface area contributed by atoms with Crippen LogP contribution in [0.25, 0.3) is 11.3 Å². The second kappa shape index (κ2) is 8.24. The van der Waals surface area contributed by atoms with Gasteiger partial charge in [-0.2, -0.15) is 18.4 Å². The lowest BCUT2D eigenvalue weighted by molar-refractivity contribution is -0.141. The molecule has 2 heterocycles. The molecule has 29 heavy (non-hydrogen) atoms. The molecule has 0 radical (unpaired) electrons. The van der Waals surface area contributed by atoms with Crippen molar-refractivity contribution in [3.63, 3.8) is 0 Å². The molecular formula is C18H16F3N7O. The Balaban J connectivity index is 1.82. The van der Waals surface area contributed by atoms with E-state index in [2.05, 4.69) is 25.6 Å². The van der Waals surface area contributed by atoms with Crippen LogP contribution >= 0.6 is 0 Å². The summed E-state index contributed by atoms with van der Waals surface area (Å²) in [6.45, 7) is 1.94. The van der Waals surface area contributed by atoms with Gasteiger partial charge in [0.15, 0.2) is 0 Å². The van der Waals surface area contributed by atoms with E-state index in [0.29, 0.717) is 16.9 Å². The molecule has 0 aliphatic heterocycles. The number of aromatic nitrogens is 5. The van der Waals surface area contributed by atoms with E-state index in [1.807, 2.05) is 19.1 Å². The van der Waals surface area contributed by atoms with E-state index < -0.39 is 18.0 Å². The van der Waals surface area contributed by atoms with E-state index in [9.17, 15) is 18.3 Å². The number of rotatable bonds is 6. The van der Waals surface area contributed by atoms with Gasteiger partial charge in [-0.25, -0.2) is 14.6 Å². The zero-order chi connectivity index (χ0) is 21.0. The molecule has 1 atom stereocenters. The van der Waals surface area contributed by atoms with Gasteiger partial charge in [0.05, 0.1) is 31.3 Å². The number of aliphatic hydroxyl groups excluding tert-OH is 1. The summed E-state index contributed by atoms with van der Waals surface area (Å²) in [6.07, 6.45) is -2.80. The Kier molecular flexibility index (Phi) is 5.74. The minimum atomic E-state index is -4.56. The molecule has 0 saturated carbocycles. The van der Waals surface area contributed by atoms with Crippen molar-refractivity contribution in [3.05, 3.63) is 47.9 Å². The van der Waals surface area contributed by atoms with Crippen LogP contribution in [0.5, 0.6) is 0 Å². The van der Waals surface area contributed by atoms with Crippen LogP contribution in [0.1, 0.15) is 17.7 Å². The van der Waals surface area contributed by atoms with Crippen molar-refractivity contribution in [1.29, 1.82) is 5.26 Å². The summed E-state index contributed by atoms with van der Waals surface area (Å²) in [5.41, 5.74) is 1.45. The van der Waals surface area contributed by atoms with Gasteiger partial charge in [-0.05, 0) is 36.8 Å². The number of hydrogen-bond acceptors (Lipinski definition) is 7. The summed E-state index contributed by atoms with van der Waals surface area (Å²) in [4.78, 5) is 7.32. The standard InChI is InChI=1S/C18H16F3N7O/c1-11-6-12(15-10-28(27-26-15)9-14(29)2-4-22)8-13(7-11)24-17-23-5-3-16(25-17)18(19,20)21/h3,5-8,10,14,29H,2,9H2,1H3,(H,23,24,25)/t14-/m1/s1. The van der Waals surface area contributed by atoms with Crippen molar-refractivity contribution in [3.8, 4) is 17.3 Å². The normalized spacial score (nSPS) is 12.4. The SMILES string of the molecule is Cc1cc(Nc2nccc(C(F)(F)F)n2)cc(-c2cn(C[C@H](O)CC#N)nn2)c1. The van der Waals surface area contributed by atoms with Gasteiger partial charge in [-0.15, -0.1) is 5.10 Å². The van der Waals surface area contributed by atoms with Crippen molar-refractivity contribution >= 4 is 11.6 Å². The number of halogens is 3. The number of hydrogen-bond donors (Lipinski definition) is 2. The zero-order valence-electron chi connectivity index (χ0n) is 15.2. The minimum Gasteiger partial charge on any atom is -0.390 e. The second-order valence-corrected chi connectivity index (χ2v) is 6.32. The van der Waals surface area contributed by atoms with Crippen LogP contribution < -0.4 is 5.32 Å². The predicted molar refractivity (Wildman–Crippen MR) is 96.7 cm³/mol. The summed E-state index contributed by atoms with van der Waals surface area (Å²) < 4.78 is 39.9. The fourth-order valence-electron chi connectivity index (χ4n) is 2.61. The van der Waals surface area contributed by atoms with Crippen LogP contribution in [0.2, 0.25) is 0 Å². The van der Waals surface area contributed by atoms with Gasteiger partial charge in [0.25, 0.3) is 0 Å². The highest BCUT2D eigenvalue weighted by molar-refractivity contribution is 5.68. The molecule has 8 nitrogen and oxygen atoms in total. The van der Waals surface area contributed by atoms with E-state index in [0.717, 1.165) is 17.8 Å². The zero-order valence-corrected chi connectivity index (χ0v) is 15.2. The molecule has 2 N–H and O–H groups in total. The third-order valence-corrected chi connectivity index (χ3v) is 3.84. The Labute approximate surface area is 163 Å². The number of anilines is 2. The second-order valence-electron chi connectivity index (χ2n) is 6.32. The monoisotopic (exact) mass is 403 g/mol. The summed E-state index contributed by atoms with van der Waals surface area (Å²) in [7, 11) is 0. The van der Waals surface area contributed by atoms with E-state index in [1.54, 1.807) is 18.3 Å². The lowest BCUT2D eigenvalue weighted by atomic mass is 10.1. The molecule has 150 valence electrons. The molecule has 0 amide bonds. The molecule has 1 aromatic carbocycles. The van der Waals surface area contributed by atoms with Crippen LogP contribution in [-0.4, -0.2) is 36.2 Å². The smallest absolute Gasteiger partial charge is 0.390 e. The Morgan fingerprint density at radius 3 is 2.83 bits per heavy atom. The number of benzene rings is 1. The lowest BCUT2D eigenvalue weighted by Crippen LogP contribution is -2.15. The number of nitrogens with zero attached hydrogens (tertiary/aromatic N) is 6. The quantitative estimate of drug-likeness (QED) is 0.650. The fourth-order valence-corrected chi connectivity index (χ4v) is 2.61. The molecule has 0 bridgehead atoms. The summed E-state index contributed by atoms with van der Waals surface area (Å²) in [6, 6.07) is 7.91. The Bertz CT molecular complexity index is 1040. The van der Waals surface area contributed by atoms with Gasteiger partial charge in [-0.1, -0.05) is 5.21 Å². The van der Waals surface area contributed by atoms with Crippen LogP contribution in [0.3, 0.4) is 0 Å². The Morgan fingerprint density at radius 2 is 2.10 bits per heavy atom. The average molecular weight is 403 g/mol. The van der Waals surface area contributed by atoms with E-state index in [1.165, 1.54) is 4.68 Å². The maximum absolute atomic E-state index is 12.8. The first kappa shape index (κ1) is 20.2. The van der Waals surface area contributed by atoms with Crippen LogP contribution in [-0.2, 0) is 12.7 Å². The van der Waals surface area contributed by atoms with Crippen molar-refractivity contribution in [2.45, 2.75) is 32.2 Å². The maximum atomic E-state index is 12.8.